The molecule has 0 aliphatic heterocycles. The van der Waals surface area contributed by atoms with Gasteiger partial charge >= 0.3 is 5.97 Å². The highest BCUT2D eigenvalue weighted by atomic mass is 16.6. The number of hydrogen-bond donors (Lipinski definition) is 0. The number of non-ortho nitro benzene ring substituents is 1. The summed E-state index contributed by atoms with van der Waals surface area (Å²) in [6.45, 7) is 8.20. The number of hydrogen-bond acceptors (Lipinski definition) is 4. The molecule has 22 heavy (non-hydrogen) atoms. The number of allylic oxidation sites excluding steroid dienone is 2. The number of ether oxygens (including phenoxy) is 1. The average molecular weight is 303 g/mol. The molecule has 1 aromatic carbocycles. The zero-order chi connectivity index (χ0) is 16.5. The number of nitro groups is 1. The Morgan fingerprint density at radius 2 is 2.09 bits per heavy atom. The van der Waals surface area contributed by atoms with E-state index in [1.165, 1.54) is 17.7 Å². The van der Waals surface area contributed by atoms with Crippen LogP contribution in [0.4, 0.5) is 5.69 Å². The monoisotopic (exact) mass is 303 g/mol. The summed E-state index contributed by atoms with van der Waals surface area (Å²) >= 11 is 0. The van der Waals surface area contributed by atoms with Crippen LogP contribution in [0.1, 0.15) is 33.3 Å². The van der Waals surface area contributed by atoms with Crippen LogP contribution in [0.3, 0.4) is 0 Å². The maximum absolute atomic E-state index is 12.2. The molecule has 0 unspecified atom stereocenters. The van der Waals surface area contributed by atoms with E-state index in [-0.39, 0.29) is 35.5 Å². The highest BCUT2D eigenvalue weighted by Crippen LogP contribution is 2.59. The van der Waals surface area contributed by atoms with Crippen molar-refractivity contribution in [3.05, 3.63) is 51.6 Å². The van der Waals surface area contributed by atoms with Gasteiger partial charge in [-0.05, 0) is 30.7 Å². The van der Waals surface area contributed by atoms with Gasteiger partial charge in [-0.1, -0.05) is 37.6 Å². The first-order valence-electron chi connectivity index (χ1n) is 7.28. The molecule has 118 valence electrons. The average Bonchev–Trinajstić information content (AvgIpc) is 2.96. The van der Waals surface area contributed by atoms with E-state index in [1.54, 1.807) is 12.1 Å². The summed E-state index contributed by atoms with van der Waals surface area (Å²) in [5.41, 5.74) is 1.73. The minimum absolute atomic E-state index is 0.00252. The van der Waals surface area contributed by atoms with Crippen molar-refractivity contribution < 1.29 is 14.5 Å². The fourth-order valence-electron chi connectivity index (χ4n) is 2.80. The SMILES string of the molecule is CC(C)=C[C@@H]1[C@@H](C(=O)OCc2cccc([N+](=O)[O-])c2)C1(C)C. The Bertz CT molecular complexity index is 629. The Morgan fingerprint density at radius 1 is 1.41 bits per heavy atom. The third-order valence-electron chi connectivity index (χ3n) is 4.18. The normalized spacial score (nSPS) is 21.8. The maximum atomic E-state index is 12.2. The number of benzene rings is 1. The molecular formula is C17H21NO4. The number of carbonyl (C=O) groups is 1. The van der Waals surface area contributed by atoms with Crippen LogP contribution in [-0.4, -0.2) is 10.9 Å². The number of carbonyl (C=O) groups excluding carboxylic acids is 1. The quantitative estimate of drug-likeness (QED) is 0.358. The van der Waals surface area contributed by atoms with E-state index in [9.17, 15) is 14.9 Å². The second-order valence-corrected chi connectivity index (χ2v) is 6.60. The fourth-order valence-corrected chi connectivity index (χ4v) is 2.80. The van der Waals surface area contributed by atoms with Crippen molar-refractivity contribution in [2.45, 2.75) is 34.3 Å². The molecule has 1 aliphatic carbocycles. The lowest BCUT2D eigenvalue weighted by atomic mass is 10.1. The topological polar surface area (TPSA) is 69.4 Å². The molecule has 5 nitrogen and oxygen atoms in total. The summed E-state index contributed by atoms with van der Waals surface area (Å²) in [4.78, 5) is 22.5. The predicted octanol–water partition coefficient (Wildman–Crippen LogP) is 3.88. The minimum Gasteiger partial charge on any atom is -0.461 e. The molecule has 2 rings (SSSR count). The molecule has 1 aliphatic rings. The molecule has 0 aromatic heterocycles. The second-order valence-electron chi connectivity index (χ2n) is 6.60. The summed E-state index contributed by atoms with van der Waals surface area (Å²) in [5.74, 6) is -0.171. The molecule has 1 fully saturated rings. The van der Waals surface area contributed by atoms with Crippen molar-refractivity contribution in [1.82, 2.24) is 0 Å². The minimum atomic E-state index is -0.458. The first-order valence-corrected chi connectivity index (χ1v) is 7.28. The summed E-state index contributed by atoms with van der Waals surface area (Å²) < 4.78 is 5.34. The molecule has 0 bridgehead atoms. The Kier molecular flexibility index (Phi) is 4.35. The molecule has 0 spiro atoms. The molecule has 5 heteroatoms. The summed E-state index contributed by atoms with van der Waals surface area (Å²) in [7, 11) is 0. The van der Waals surface area contributed by atoms with E-state index in [2.05, 4.69) is 19.9 Å². The van der Waals surface area contributed by atoms with Crippen LogP contribution in [-0.2, 0) is 16.1 Å². The molecule has 0 saturated heterocycles. The van der Waals surface area contributed by atoms with E-state index >= 15 is 0 Å². The lowest BCUT2D eigenvalue weighted by Gasteiger charge is -2.05. The third-order valence-corrected chi connectivity index (χ3v) is 4.18. The summed E-state index contributed by atoms with van der Waals surface area (Å²) in [6, 6.07) is 6.15. The number of rotatable bonds is 5. The first-order chi connectivity index (χ1) is 10.2. The van der Waals surface area contributed by atoms with Gasteiger partial charge in [-0.15, -0.1) is 0 Å². The van der Waals surface area contributed by atoms with Crippen molar-refractivity contribution in [2.75, 3.05) is 0 Å². The smallest absolute Gasteiger partial charge is 0.310 e. The van der Waals surface area contributed by atoms with Gasteiger partial charge in [0.25, 0.3) is 5.69 Å². The molecular weight excluding hydrogens is 282 g/mol. The van der Waals surface area contributed by atoms with Gasteiger partial charge in [0.05, 0.1) is 10.8 Å². The van der Waals surface area contributed by atoms with Crippen LogP contribution < -0.4 is 0 Å². The largest absolute Gasteiger partial charge is 0.461 e. The Hall–Kier alpha value is -2.17. The fraction of sp³-hybridized carbons (Fsp3) is 0.471. The zero-order valence-electron chi connectivity index (χ0n) is 13.3. The molecule has 1 aromatic rings. The standard InChI is InChI=1S/C17H21NO4/c1-11(2)8-14-15(17(14,3)4)16(19)22-10-12-6-5-7-13(9-12)18(20)21/h5-9,14-15H,10H2,1-4H3/t14-,15+/m1/s1. The van der Waals surface area contributed by atoms with Crippen molar-refractivity contribution in [1.29, 1.82) is 0 Å². The summed E-state index contributed by atoms with van der Waals surface area (Å²) in [5, 5.41) is 10.7. The molecule has 0 radical (unpaired) electrons. The molecule has 0 N–H and O–H groups in total. The highest BCUT2D eigenvalue weighted by Gasteiger charge is 2.61. The molecule has 1 saturated carbocycles. The van der Waals surface area contributed by atoms with Crippen molar-refractivity contribution in [2.24, 2.45) is 17.3 Å². The second kappa shape index (κ2) is 5.91. The van der Waals surface area contributed by atoms with Crippen molar-refractivity contribution >= 4 is 11.7 Å². The van der Waals surface area contributed by atoms with Gasteiger partial charge in [0, 0.05) is 12.1 Å². The molecule has 0 amide bonds. The van der Waals surface area contributed by atoms with E-state index in [1.807, 2.05) is 13.8 Å². The lowest BCUT2D eigenvalue weighted by Crippen LogP contribution is -2.10. The van der Waals surface area contributed by atoms with Crippen LogP contribution >= 0.6 is 0 Å². The Balaban J connectivity index is 1.98. The van der Waals surface area contributed by atoms with Crippen molar-refractivity contribution in [3.63, 3.8) is 0 Å². The van der Waals surface area contributed by atoms with Gasteiger partial charge in [-0.25, -0.2) is 0 Å². The Labute approximate surface area is 130 Å². The highest BCUT2D eigenvalue weighted by molar-refractivity contribution is 5.78. The van der Waals surface area contributed by atoms with Gasteiger partial charge in [-0.3, -0.25) is 14.9 Å². The molecule has 0 heterocycles. The van der Waals surface area contributed by atoms with Gasteiger partial charge in [0.2, 0.25) is 0 Å². The number of nitro benzene ring substituents is 1. The van der Waals surface area contributed by atoms with Crippen LogP contribution in [0.5, 0.6) is 0 Å². The van der Waals surface area contributed by atoms with E-state index < -0.39 is 4.92 Å². The van der Waals surface area contributed by atoms with E-state index in [0.717, 1.165) is 0 Å². The van der Waals surface area contributed by atoms with Crippen molar-refractivity contribution in [3.8, 4) is 0 Å². The number of esters is 1. The summed E-state index contributed by atoms with van der Waals surface area (Å²) in [6.07, 6.45) is 2.11. The van der Waals surface area contributed by atoms with Crippen LogP contribution in [0, 0.1) is 27.4 Å². The van der Waals surface area contributed by atoms with Crippen LogP contribution in [0.25, 0.3) is 0 Å². The van der Waals surface area contributed by atoms with Crippen LogP contribution in [0.15, 0.2) is 35.9 Å². The van der Waals surface area contributed by atoms with E-state index in [0.29, 0.717) is 5.56 Å². The van der Waals surface area contributed by atoms with Gasteiger partial charge < -0.3 is 4.74 Å². The first kappa shape index (κ1) is 16.2. The van der Waals surface area contributed by atoms with Gasteiger partial charge in [0.1, 0.15) is 6.61 Å². The van der Waals surface area contributed by atoms with Gasteiger partial charge in [0.15, 0.2) is 0 Å². The zero-order valence-corrected chi connectivity index (χ0v) is 13.3. The maximum Gasteiger partial charge on any atom is 0.310 e. The Morgan fingerprint density at radius 3 is 2.68 bits per heavy atom. The van der Waals surface area contributed by atoms with Crippen LogP contribution in [0.2, 0.25) is 0 Å². The predicted molar refractivity (Wildman–Crippen MR) is 83.1 cm³/mol. The number of nitrogens with zero attached hydrogens (tertiary/aromatic N) is 1. The third kappa shape index (κ3) is 3.35. The van der Waals surface area contributed by atoms with Gasteiger partial charge in [-0.2, -0.15) is 0 Å². The van der Waals surface area contributed by atoms with E-state index in [4.69, 9.17) is 4.74 Å². The lowest BCUT2D eigenvalue weighted by molar-refractivity contribution is -0.384. The molecule has 2 atom stereocenters.